The van der Waals surface area contributed by atoms with Crippen LogP contribution in [0.4, 0.5) is 0 Å². The third-order valence-corrected chi connectivity index (χ3v) is 3.24. The van der Waals surface area contributed by atoms with Crippen molar-refractivity contribution in [3.05, 3.63) is 29.6 Å². The van der Waals surface area contributed by atoms with Crippen LogP contribution in [0, 0.1) is 0 Å². The van der Waals surface area contributed by atoms with Gasteiger partial charge in [0.1, 0.15) is 5.54 Å². The first kappa shape index (κ1) is 12.2. The smallest absolute Gasteiger partial charge is 0.161 e. The minimum Gasteiger partial charge on any atom is -0.379 e. The monoisotopic (exact) mass is 234 g/mol. The molecular weight excluding hydrogens is 216 g/mol. The molecule has 0 spiro atoms. The highest BCUT2D eigenvalue weighted by molar-refractivity contribution is 5.90. The van der Waals surface area contributed by atoms with Crippen molar-refractivity contribution in [2.75, 3.05) is 13.2 Å². The number of hydrogen-bond acceptors (Lipinski definition) is 4. The number of hydrogen-bond donors (Lipinski definition) is 1. The Balaban J connectivity index is 2.02. The molecule has 0 bridgehead atoms. The molecule has 1 saturated heterocycles. The number of rotatable bonds is 4. The molecule has 0 saturated carbocycles. The molecule has 92 valence electrons. The molecule has 17 heavy (non-hydrogen) atoms. The van der Waals surface area contributed by atoms with Crippen molar-refractivity contribution >= 4 is 5.78 Å². The zero-order valence-corrected chi connectivity index (χ0v) is 10.1. The van der Waals surface area contributed by atoms with Gasteiger partial charge >= 0.3 is 0 Å². The molecule has 2 rings (SSSR count). The van der Waals surface area contributed by atoms with E-state index < -0.39 is 5.54 Å². The first-order valence-electron chi connectivity index (χ1n) is 5.98. The molecule has 1 fully saturated rings. The quantitative estimate of drug-likeness (QED) is 0.839. The fraction of sp³-hybridized carbons (Fsp3) is 0.538. The van der Waals surface area contributed by atoms with Crippen LogP contribution in [0.15, 0.2) is 18.3 Å². The van der Waals surface area contributed by atoms with Gasteiger partial charge in [-0.15, -0.1) is 0 Å². The molecule has 1 unspecified atom stereocenters. The summed E-state index contributed by atoms with van der Waals surface area (Å²) in [4.78, 5) is 16.3. The van der Waals surface area contributed by atoms with E-state index in [2.05, 4.69) is 11.9 Å². The lowest BCUT2D eigenvalue weighted by atomic mass is 9.91. The van der Waals surface area contributed by atoms with E-state index in [9.17, 15) is 4.79 Å². The number of carbonyl (C=O) groups excluding carboxylic acids is 1. The number of aryl methyl sites for hydroxylation is 1. The van der Waals surface area contributed by atoms with Gasteiger partial charge in [0, 0.05) is 18.5 Å². The van der Waals surface area contributed by atoms with E-state index in [0.29, 0.717) is 26.1 Å². The summed E-state index contributed by atoms with van der Waals surface area (Å²) in [5, 5.41) is 0. The van der Waals surface area contributed by atoms with E-state index in [0.717, 1.165) is 12.1 Å². The van der Waals surface area contributed by atoms with Gasteiger partial charge in [0.15, 0.2) is 5.78 Å². The van der Waals surface area contributed by atoms with Crippen LogP contribution in [0.3, 0.4) is 0 Å². The SMILES string of the molecule is CCc1ccc(CC(=O)C2(N)CCOC2)nc1. The van der Waals surface area contributed by atoms with Crippen LogP contribution in [-0.2, 0) is 22.4 Å². The van der Waals surface area contributed by atoms with E-state index in [-0.39, 0.29) is 5.78 Å². The molecule has 0 radical (unpaired) electrons. The average molecular weight is 234 g/mol. The average Bonchev–Trinajstić information content (AvgIpc) is 2.78. The molecule has 0 amide bonds. The first-order chi connectivity index (χ1) is 8.14. The molecule has 1 aromatic rings. The number of aromatic nitrogens is 1. The maximum absolute atomic E-state index is 12.0. The molecule has 2 heterocycles. The molecule has 4 nitrogen and oxygen atoms in total. The number of pyridine rings is 1. The lowest BCUT2D eigenvalue weighted by molar-refractivity contribution is -0.123. The van der Waals surface area contributed by atoms with Gasteiger partial charge in [0.25, 0.3) is 0 Å². The van der Waals surface area contributed by atoms with E-state index >= 15 is 0 Å². The number of ether oxygens (including phenoxy) is 1. The number of carbonyl (C=O) groups is 1. The van der Waals surface area contributed by atoms with E-state index in [1.807, 2.05) is 18.3 Å². The van der Waals surface area contributed by atoms with Crippen LogP contribution in [0.2, 0.25) is 0 Å². The lowest BCUT2D eigenvalue weighted by Gasteiger charge is -2.19. The Morgan fingerprint density at radius 1 is 1.59 bits per heavy atom. The normalized spacial score (nSPS) is 23.9. The van der Waals surface area contributed by atoms with Gasteiger partial charge in [0.2, 0.25) is 0 Å². The second kappa shape index (κ2) is 4.94. The van der Waals surface area contributed by atoms with Crippen molar-refractivity contribution < 1.29 is 9.53 Å². The fourth-order valence-electron chi connectivity index (χ4n) is 1.91. The Morgan fingerprint density at radius 3 is 2.94 bits per heavy atom. The zero-order valence-electron chi connectivity index (χ0n) is 10.1. The van der Waals surface area contributed by atoms with Gasteiger partial charge in [-0.1, -0.05) is 13.0 Å². The molecule has 1 aliphatic heterocycles. The predicted octanol–water partition coefficient (Wildman–Crippen LogP) is 0.873. The van der Waals surface area contributed by atoms with Crippen LogP contribution in [0.5, 0.6) is 0 Å². The summed E-state index contributed by atoms with van der Waals surface area (Å²) in [5.74, 6) is 0.0201. The Hall–Kier alpha value is -1.26. The Morgan fingerprint density at radius 2 is 2.41 bits per heavy atom. The molecular formula is C13H18N2O2. The molecule has 0 aliphatic carbocycles. The minimum absolute atomic E-state index is 0.0201. The van der Waals surface area contributed by atoms with Crippen molar-refractivity contribution in [2.24, 2.45) is 5.73 Å². The molecule has 1 atom stereocenters. The highest BCUT2D eigenvalue weighted by Gasteiger charge is 2.37. The minimum atomic E-state index is -0.800. The summed E-state index contributed by atoms with van der Waals surface area (Å²) in [6, 6.07) is 3.90. The summed E-state index contributed by atoms with van der Waals surface area (Å²) in [5.41, 5.74) is 7.16. The molecule has 1 aliphatic rings. The highest BCUT2D eigenvalue weighted by atomic mass is 16.5. The second-order valence-electron chi connectivity index (χ2n) is 4.57. The number of nitrogens with two attached hydrogens (primary N) is 1. The van der Waals surface area contributed by atoms with Gasteiger partial charge in [-0.2, -0.15) is 0 Å². The molecule has 1 aromatic heterocycles. The van der Waals surface area contributed by atoms with E-state index in [1.165, 1.54) is 5.56 Å². The Bertz CT molecular complexity index is 394. The zero-order chi connectivity index (χ0) is 12.3. The fourth-order valence-corrected chi connectivity index (χ4v) is 1.91. The largest absolute Gasteiger partial charge is 0.379 e. The highest BCUT2D eigenvalue weighted by Crippen LogP contribution is 2.18. The van der Waals surface area contributed by atoms with Crippen molar-refractivity contribution in [1.82, 2.24) is 4.98 Å². The third kappa shape index (κ3) is 2.70. The molecule has 4 heteroatoms. The van der Waals surface area contributed by atoms with Crippen molar-refractivity contribution in [2.45, 2.75) is 31.7 Å². The van der Waals surface area contributed by atoms with Gasteiger partial charge in [-0.25, -0.2) is 0 Å². The van der Waals surface area contributed by atoms with Gasteiger partial charge in [-0.3, -0.25) is 9.78 Å². The van der Waals surface area contributed by atoms with E-state index in [1.54, 1.807) is 0 Å². The molecule has 2 N–H and O–H groups in total. The lowest BCUT2D eigenvalue weighted by Crippen LogP contribution is -2.49. The van der Waals surface area contributed by atoms with Crippen LogP contribution >= 0.6 is 0 Å². The van der Waals surface area contributed by atoms with Gasteiger partial charge in [0.05, 0.1) is 13.0 Å². The Labute approximate surface area is 101 Å². The molecule has 0 aromatic carbocycles. The van der Waals surface area contributed by atoms with Crippen LogP contribution in [0.1, 0.15) is 24.6 Å². The third-order valence-electron chi connectivity index (χ3n) is 3.24. The van der Waals surface area contributed by atoms with Crippen molar-refractivity contribution in [1.29, 1.82) is 0 Å². The number of ketones is 1. The van der Waals surface area contributed by atoms with Gasteiger partial charge < -0.3 is 10.5 Å². The summed E-state index contributed by atoms with van der Waals surface area (Å²) in [6.07, 6.45) is 3.68. The Kier molecular flexibility index (Phi) is 3.54. The summed E-state index contributed by atoms with van der Waals surface area (Å²) in [7, 11) is 0. The summed E-state index contributed by atoms with van der Waals surface area (Å²) < 4.78 is 5.19. The summed E-state index contributed by atoms with van der Waals surface area (Å²) in [6.45, 7) is 2.98. The topological polar surface area (TPSA) is 65.2 Å². The maximum atomic E-state index is 12.0. The maximum Gasteiger partial charge on any atom is 0.161 e. The number of nitrogens with zero attached hydrogens (tertiary/aromatic N) is 1. The van der Waals surface area contributed by atoms with Crippen LogP contribution in [0.25, 0.3) is 0 Å². The first-order valence-corrected chi connectivity index (χ1v) is 5.98. The van der Waals surface area contributed by atoms with E-state index in [4.69, 9.17) is 10.5 Å². The predicted molar refractivity (Wildman–Crippen MR) is 64.7 cm³/mol. The second-order valence-corrected chi connectivity index (χ2v) is 4.57. The number of Topliss-reactive ketones (excluding diaryl/α,β-unsaturated/α-hetero) is 1. The van der Waals surface area contributed by atoms with Crippen molar-refractivity contribution in [3.8, 4) is 0 Å². The van der Waals surface area contributed by atoms with Crippen molar-refractivity contribution in [3.63, 3.8) is 0 Å². The summed E-state index contributed by atoms with van der Waals surface area (Å²) >= 11 is 0. The van der Waals surface area contributed by atoms with Crippen LogP contribution in [-0.4, -0.2) is 29.5 Å². The van der Waals surface area contributed by atoms with Crippen LogP contribution < -0.4 is 5.73 Å². The standard InChI is InChI=1S/C13H18N2O2/c1-2-10-3-4-11(15-8-10)7-12(16)13(14)5-6-17-9-13/h3-4,8H,2,5-7,9,14H2,1H3. The van der Waals surface area contributed by atoms with Gasteiger partial charge in [-0.05, 0) is 24.5 Å².